The van der Waals surface area contributed by atoms with Crippen LogP contribution in [0.2, 0.25) is 0 Å². The predicted octanol–water partition coefficient (Wildman–Crippen LogP) is 1.33. The van der Waals surface area contributed by atoms with E-state index in [1.807, 2.05) is 25.1 Å². The normalized spacial score (nSPS) is 10.2. The maximum Gasteiger partial charge on any atom is 0.266 e. The molecule has 0 unspecified atom stereocenters. The number of pyridine rings is 1. The molecule has 0 bridgehead atoms. The van der Waals surface area contributed by atoms with Crippen LogP contribution >= 0.6 is 0 Å². The molecule has 15 heavy (non-hydrogen) atoms. The Labute approximate surface area is 87.2 Å². The molecule has 0 spiro atoms. The van der Waals surface area contributed by atoms with E-state index in [2.05, 4.69) is 10.1 Å². The number of nitrogens with zero attached hydrogens (tertiary/aromatic N) is 3. The molecule has 76 valence electrons. The third-order valence-corrected chi connectivity index (χ3v) is 2.09. The van der Waals surface area contributed by atoms with Crippen LogP contribution in [-0.2, 0) is 6.54 Å². The van der Waals surface area contributed by atoms with Crippen LogP contribution in [0, 0.1) is 0 Å². The summed E-state index contributed by atoms with van der Waals surface area (Å²) in [4.78, 5) is 15.5. The summed E-state index contributed by atoms with van der Waals surface area (Å²) in [7, 11) is 0. The quantitative estimate of drug-likeness (QED) is 0.736. The van der Waals surface area contributed by atoms with E-state index >= 15 is 0 Å². The first-order valence-corrected chi connectivity index (χ1v) is 4.81. The average molecular weight is 201 g/mol. The Kier molecular flexibility index (Phi) is 2.58. The van der Waals surface area contributed by atoms with Crippen molar-refractivity contribution in [3.8, 4) is 11.4 Å². The van der Waals surface area contributed by atoms with Crippen molar-refractivity contribution in [3.63, 3.8) is 0 Å². The molecule has 0 atom stereocenters. The first-order chi connectivity index (χ1) is 7.31. The van der Waals surface area contributed by atoms with Gasteiger partial charge >= 0.3 is 0 Å². The minimum atomic E-state index is -0.0859. The maximum absolute atomic E-state index is 11.3. The van der Waals surface area contributed by atoms with Gasteiger partial charge in [-0.3, -0.25) is 9.78 Å². The highest BCUT2D eigenvalue weighted by molar-refractivity contribution is 5.52. The van der Waals surface area contributed by atoms with Crippen LogP contribution in [0.25, 0.3) is 11.4 Å². The van der Waals surface area contributed by atoms with Gasteiger partial charge in [0.15, 0.2) is 0 Å². The van der Waals surface area contributed by atoms with E-state index in [0.717, 1.165) is 11.4 Å². The minimum absolute atomic E-state index is 0.0859. The van der Waals surface area contributed by atoms with Crippen LogP contribution in [0.1, 0.15) is 6.92 Å². The zero-order valence-electron chi connectivity index (χ0n) is 8.42. The molecule has 0 saturated carbocycles. The molecule has 0 fully saturated rings. The van der Waals surface area contributed by atoms with Gasteiger partial charge in [0.1, 0.15) is 5.69 Å². The summed E-state index contributed by atoms with van der Waals surface area (Å²) in [6.07, 6.45) is 1.71. The first kappa shape index (κ1) is 9.58. The standard InChI is InChI=1S/C11H11N3O/c1-2-14-11(15)7-6-10(13-14)9-5-3-4-8-12-9/h3-8H,2H2,1H3. The fourth-order valence-electron chi connectivity index (χ4n) is 1.33. The molecular formula is C11H11N3O. The maximum atomic E-state index is 11.3. The Morgan fingerprint density at radius 2 is 2.07 bits per heavy atom. The van der Waals surface area contributed by atoms with Crippen LogP contribution in [-0.4, -0.2) is 14.8 Å². The Bertz CT molecular complexity index is 505. The molecule has 0 aliphatic heterocycles. The van der Waals surface area contributed by atoms with Crippen molar-refractivity contribution in [2.24, 2.45) is 0 Å². The van der Waals surface area contributed by atoms with Gasteiger partial charge in [0.2, 0.25) is 0 Å². The summed E-state index contributed by atoms with van der Waals surface area (Å²) in [6, 6.07) is 8.81. The first-order valence-electron chi connectivity index (χ1n) is 4.81. The minimum Gasteiger partial charge on any atom is -0.268 e. The molecule has 0 aliphatic rings. The molecule has 4 nitrogen and oxygen atoms in total. The van der Waals surface area contributed by atoms with Crippen molar-refractivity contribution in [1.29, 1.82) is 0 Å². The van der Waals surface area contributed by atoms with E-state index in [0.29, 0.717) is 6.54 Å². The largest absolute Gasteiger partial charge is 0.268 e. The number of rotatable bonds is 2. The van der Waals surface area contributed by atoms with E-state index in [9.17, 15) is 4.79 Å². The zero-order chi connectivity index (χ0) is 10.7. The smallest absolute Gasteiger partial charge is 0.266 e. The van der Waals surface area contributed by atoms with Crippen LogP contribution in [0.3, 0.4) is 0 Å². The highest BCUT2D eigenvalue weighted by Gasteiger charge is 2.01. The molecular weight excluding hydrogens is 190 g/mol. The molecule has 2 rings (SSSR count). The number of hydrogen-bond acceptors (Lipinski definition) is 3. The molecule has 2 aromatic heterocycles. The lowest BCUT2D eigenvalue weighted by atomic mass is 10.2. The third kappa shape index (κ3) is 1.93. The van der Waals surface area contributed by atoms with Gasteiger partial charge < -0.3 is 0 Å². The second-order valence-electron chi connectivity index (χ2n) is 3.09. The second kappa shape index (κ2) is 4.04. The molecule has 0 amide bonds. The lowest BCUT2D eigenvalue weighted by molar-refractivity contribution is 0.618. The summed E-state index contributed by atoms with van der Waals surface area (Å²) in [5, 5.41) is 4.20. The van der Waals surface area contributed by atoms with Crippen LogP contribution in [0.15, 0.2) is 41.3 Å². The highest BCUT2D eigenvalue weighted by atomic mass is 16.1. The monoisotopic (exact) mass is 201 g/mol. The van der Waals surface area contributed by atoms with Gasteiger partial charge in [-0.2, -0.15) is 5.10 Å². The number of aromatic nitrogens is 3. The summed E-state index contributed by atoms with van der Waals surface area (Å²) in [6.45, 7) is 2.45. The van der Waals surface area contributed by atoms with Crippen molar-refractivity contribution in [3.05, 3.63) is 46.9 Å². The molecule has 2 aromatic rings. The summed E-state index contributed by atoms with van der Waals surface area (Å²) >= 11 is 0. The lowest BCUT2D eigenvalue weighted by Crippen LogP contribution is -2.21. The van der Waals surface area contributed by atoms with E-state index in [1.165, 1.54) is 10.7 Å². The Balaban J connectivity index is 2.51. The van der Waals surface area contributed by atoms with Gasteiger partial charge in [-0.05, 0) is 25.1 Å². The Hall–Kier alpha value is -1.97. The lowest BCUT2D eigenvalue weighted by Gasteiger charge is -2.03. The van der Waals surface area contributed by atoms with E-state index in [4.69, 9.17) is 0 Å². The highest BCUT2D eigenvalue weighted by Crippen LogP contribution is 2.10. The predicted molar refractivity (Wildman–Crippen MR) is 57.4 cm³/mol. The van der Waals surface area contributed by atoms with Crippen LogP contribution in [0.4, 0.5) is 0 Å². The SMILES string of the molecule is CCn1nc(-c2ccccn2)ccc1=O. The van der Waals surface area contributed by atoms with E-state index < -0.39 is 0 Å². The number of aryl methyl sites for hydroxylation is 1. The average Bonchev–Trinajstić information content (AvgIpc) is 2.31. The third-order valence-electron chi connectivity index (χ3n) is 2.09. The molecule has 0 radical (unpaired) electrons. The van der Waals surface area contributed by atoms with Gasteiger partial charge in [0, 0.05) is 18.8 Å². The van der Waals surface area contributed by atoms with Crippen molar-refractivity contribution >= 4 is 0 Å². The molecule has 0 saturated heterocycles. The van der Waals surface area contributed by atoms with Gasteiger partial charge in [-0.15, -0.1) is 0 Å². The van der Waals surface area contributed by atoms with E-state index in [-0.39, 0.29) is 5.56 Å². The van der Waals surface area contributed by atoms with Crippen molar-refractivity contribution in [1.82, 2.24) is 14.8 Å². The summed E-state index contributed by atoms with van der Waals surface area (Å²) < 4.78 is 1.42. The van der Waals surface area contributed by atoms with Gasteiger partial charge in [-0.25, -0.2) is 4.68 Å². The van der Waals surface area contributed by atoms with Crippen molar-refractivity contribution < 1.29 is 0 Å². The van der Waals surface area contributed by atoms with Gasteiger partial charge in [-0.1, -0.05) is 6.07 Å². The van der Waals surface area contributed by atoms with Crippen molar-refractivity contribution in [2.75, 3.05) is 0 Å². The molecule has 0 aromatic carbocycles. The van der Waals surface area contributed by atoms with Gasteiger partial charge in [0.25, 0.3) is 5.56 Å². The molecule has 0 aliphatic carbocycles. The Morgan fingerprint density at radius 1 is 1.20 bits per heavy atom. The fraction of sp³-hybridized carbons (Fsp3) is 0.182. The fourth-order valence-corrected chi connectivity index (χ4v) is 1.33. The Morgan fingerprint density at radius 3 is 2.73 bits per heavy atom. The van der Waals surface area contributed by atoms with Crippen LogP contribution in [0.5, 0.6) is 0 Å². The topological polar surface area (TPSA) is 47.8 Å². The van der Waals surface area contributed by atoms with Crippen LogP contribution < -0.4 is 5.56 Å². The molecule has 0 N–H and O–H groups in total. The van der Waals surface area contributed by atoms with E-state index in [1.54, 1.807) is 12.3 Å². The number of hydrogen-bond donors (Lipinski definition) is 0. The second-order valence-corrected chi connectivity index (χ2v) is 3.09. The summed E-state index contributed by atoms with van der Waals surface area (Å²) in [5.41, 5.74) is 1.41. The van der Waals surface area contributed by atoms with Gasteiger partial charge in [0.05, 0.1) is 5.69 Å². The van der Waals surface area contributed by atoms with Crippen molar-refractivity contribution in [2.45, 2.75) is 13.5 Å². The molecule has 2 heterocycles. The summed E-state index contributed by atoms with van der Waals surface area (Å²) in [5.74, 6) is 0. The zero-order valence-corrected chi connectivity index (χ0v) is 8.42. The molecule has 4 heteroatoms.